The normalized spacial score (nSPS) is 16.8. The van der Waals surface area contributed by atoms with E-state index in [0.717, 1.165) is 25.9 Å². The highest BCUT2D eigenvalue weighted by Gasteiger charge is 2.24. The zero-order valence-corrected chi connectivity index (χ0v) is 9.30. The third-order valence-electron chi connectivity index (χ3n) is 3.30. The predicted molar refractivity (Wildman–Crippen MR) is 57.3 cm³/mol. The molecule has 2 heterocycles. The molecule has 0 saturated carbocycles. The summed E-state index contributed by atoms with van der Waals surface area (Å²) in [6.45, 7) is 8.79. The van der Waals surface area contributed by atoms with Crippen LogP contribution in [0.4, 0.5) is 0 Å². The van der Waals surface area contributed by atoms with Gasteiger partial charge in [0.2, 0.25) is 0 Å². The van der Waals surface area contributed by atoms with Crippen LogP contribution in [0.5, 0.6) is 0 Å². The van der Waals surface area contributed by atoms with Gasteiger partial charge in [-0.1, -0.05) is 6.92 Å². The molecule has 0 spiro atoms. The fourth-order valence-corrected chi connectivity index (χ4v) is 1.93. The van der Waals surface area contributed by atoms with Gasteiger partial charge in [0, 0.05) is 30.7 Å². The van der Waals surface area contributed by atoms with Crippen molar-refractivity contribution in [1.29, 1.82) is 0 Å². The van der Waals surface area contributed by atoms with E-state index < -0.39 is 0 Å². The average Bonchev–Trinajstić information content (AvgIpc) is 2.61. The van der Waals surface area contributed by atoms with Crippen LogP contribution in [0.2, 0.25) is 0 Å². The average molecular weight is 193 g/mol. The van der Waals surface area contributed by atoms with Crippen LogP contribution in [0.1, 0.15) is 38.6 Å². The van der Waals surface area contributed by atoms with Crippen molar-refractivity contribution >= 4 is 0 Å². The van der Waals surface area contributed by atoms with E-state index in [1.54, 1.807) is 0 Å². The second-order valence-electron chi connectivity index (χ2n) is 4.60. The van der Waals surface area contributed by atoms with Crippen molar-refractivity contribution in [3.8, 4) is 0 Å². The fourth-order valence-electron chi connectivity index (χ4n) is 1.93. The molecule has 0 radical (unpaired) electrons. The summed E-state index contributed by atoms with van der Waals surface area (Å²) >= 11 is 0. The van der Waals surface area contributed by atoms with Gasteiger partial charge < -0.3 is 9.88 Å². The van der Waals surface area contributed by atoms with Gasteiger partial charge in [-0.05, 0) is 20.3 Å². The number of nitrogens with one attached hydrogen (secondary N) is 1. The number of hydrogen-bond acceptors (Lipinski definition) is 2. The maximum atomic E-state index is 4.47. The monoisotopic (exact) mass is 193 g/mol. The van der Waals surface area contributed by atoms with E-state index in [4.69, 9.17) is 0 Å². The summed E-state index contributed by atoms with van der Waals surface area (Å²) in [5.41, 5.74) is 2.87. The molecule has 14 heavy (non-hydrogen) atoms. The molecule has 3 heteroatoms. The van der Waals surface area contributed by atoms with Crippen molar-refractivity contribution in [1.82, 2.24) is 14.9 Å². The lowest BCUT2D eigenvalue weighted by atomic mass is 10.0. The minimum atomic E-state index is 0.206. The Morgan fingerprint density at radius 2 is 2.36 bits per heavy atom. The van der Waals surface area contributed by atoms with Crippen molar-refractivity contribution in [2.45, 2.75) is 45.7 Å². The lowest BCUT2D eigenvalue weighted by Crippen LogP contribution is -2.31. The summed E-state index contributed by atoms with van der Waals surface area (Å²) in [6.07, 6.45) is 4.25. The molecule has 78 valence electrons. The van der Waals surface area contributed by atoms with E-state index in [0.29, 0.717) is 0 Å². The molecule has 1 aliphatic heterocycles. The lowest BCUT2D eigenvalue weighted by Gasteiger charge is -2.28. The highest BCUT2D eigenvalue weighted by molar-refractivity contribution is 5.18. The number of rotatable bonds is 2. The fraction of sp³-hybridized carbons (Fsp3) is 0.727. The topological polar surface area (TPSA) is 29.9 Å². The molecule has 1 N–H and O–H groups in total. The molecule has 0 saturated heterocycles. The molecule has 3 nitrogen and oxygen atoms in total. The van der Waals surface area contributed by atoms with Crippen molar-refractivity contribution < 1.29 is 0 Å². The van der Waals surface area contributed by atoms with Crippen LogP contribution in [0.25, 0.3) is 0 Å². The second kappa shape index (κ2) is 3.39. The number of imidazole rings is 1. The van der Waals surface area contributed by atoms with Crippen LogP contribution in [0, 0.1) is 0 Å². The molecule has 1 aliphatic rings. The first-order valence-electron chi connectivity index (χ1n) is 5.41. The minimum Gasteiger partial charge on any atom is -0.329 e. The van der Waals surface area contributed by atoms with Crippen LogP contribution in [-0.4, -0.2) is 16.1 Å². The number of nitrogens with zero attached hydrogens (tertiary/aromatic N) is 2. The van der Waals surface area contributed by atoms with E-state index in [9.17, 15) is 0 Å². The van der Waals surface area contributed by atoms with Gasteiger partial charge in [-0.3, -0.25) is 0 Å². The van der Waals surface area contributed by atoms with Crippen LogP contribution in [-0.2, 0) is 18.5 Å². The first-order valence-corrected chi connectivity index (χ1v) is 5.41. The van der Waals surface area contributed by atoms with Gasteiger partial charge in [0.1, 0.15) is 0 Å². The number of aromatic nitrogens is 2. The first-order chi connectivity index (χ1) is 6.65. The van der Waals surface area contributed by atoms with Crippen LogP contribution in [0.3, 0.4) is 0 Å². The maximum Gasteiger partial charge on any atom is 0.0957 e. The van der Waals surface area contributed by atoms with Gasteiger partial charge in [-0.2, -0.15) is 0 Å². The maximum absolute atomic E-state index is 4.47. The van der Waals surface area contributed by atoms with Gasteiger partial charge in [0.05, 0.1) is 12.0 Å². The molecule has 0 bridgehead atoms. The quantitative estimate of drug-likeness (QED) is 0.774. The Balaban J connectivity index is 2.39. The summed E-state index contributed by atoms with van der Waals surface area (Å²) in [6, 6.07) is 0. The van der Waals surface area contributed by atoms with E-state index in [1.807, 2.05) is 6.33 Å². The molecular weight excluding hydrogens is 174 g/mol. The second-order valence-corrected chi connectivity index (χ2v) is 4.60. The molecule has 1 aromatic heterocycles. The van der Waals surface area contributed by atoms with E-state index >= 15 is 0 Å². The Morgan fingerprint density at radius 1 is 1.57 bits per heavy atom. The summed E-state index contributed by atoms with van der Waals surface area (Å²) in [4.78, 5) is 4.47. The standard InChI is InChI=1S/C11H19N3/c1-4-11(2,3)14-8-13-9-7-12-6-5-10(9)14/h8,12H,4-7H2,1-3H3. The van der Waals surface area contributed by atoms with Crippen molar-refractivity contribution in [3.05, 3.63) is 17.7 Å². The van der Waals surface area contributed by atoms with Crippen molar-refractivity contribution in [2.75, 3.05) is 6.54 Å². The number of hydrogen-bond donors (Lipinski definition) is 1. The molecule has 0 atom stereocenters. The number of fused-ring (bicyclic) bond motifs is 1. The summed E-state index contributed by atoms with van der Waals surface area (Å²) in [7, 11) is 0. The largest absolute Gasteiger partial charge is 0.329 e. The summed E-state index contributed by atoms with van der Waals surface area (Å²) in [5, 5.41) is 3.35. The third-order valence-corrected chi connectivity index (χ3v) is 3.30. The van der Waals surface area contributed by atoms with Gasteiger partial charge in [0.15, 0.2) is 0 Å². The first kappa shape index (κ1) is 9.71. The summed E-state index contributed by atoms with van der Waals surface area (Å²) < 4.78 is 2.35. The molecular formula is C11H19N3. The molecule has 0 amide bonds. The van der Waals surface area contributed by atoms with Crippen LogP contribution >= 0.6 is 0 Å². The van der Waals surface area contributed by atoms with E-state index in [2.05, 4.69) is 35.6 Å². The lowest BCUT2D eigenvalue weighted by molar-refractivity contribution is 0.329. The van der Waals surface area contributed by atoms with Gasteiger partial charge in [0.25, 0.3) is 0 Å². The Labute approximate surface area is 85.5 Å². The van der Waals surface area contributed by atoms with Gasteiger partial charge in [-0.25, -0.2) is 4.98 Å². The van der Waals surface area contributed by atoms with Crippen LogP contribution < -0.4 is 5.32 Å². The van der Waals surface area contributed by atoms with Crippen molar-refractivity contribution in [2.24, 2.45) is 0 Å². The zero-order chi connectivity index (χ0) is 10.2. The zero-order valence-electron chi connectivity index (χ0n) is 9.30. The Kier molecular flexibility index (Phi) is 2.35. The van der Waals surface area contributed by atoms with E-state index in [-0.39, 0.29) is 5.54 Å². The Hall–Kier alpha value is -0.830. The van der Waals surface area contributed by atoms with Crippen molar-refractivity contribution in [3.63, 3.8) is 0 Å². The Morgan fingerprint density at radius 3 is 3.07 bits per heavy atom. The Bertz CT molecular complexity index is 325. The van der Waals surface area contributed by atoms with E-state index in [1.165, 1.54) is 11.4 Å². The smallest absolute Gasteiger partial charge is 0.0957 e. The highest BCUT2D eigenvalue weighted by atomic mass is 15.1. The molecule has 1 aromatic rings. The van der Waals surface area contributed by atoms with Crippen LogP contribution in [0.15, 0.2) is 6.33 Å². The predicted octanol–water partition coefficient (Wildman–Crippen LogP) is 1.67. The minimum absolute atomic E-state index is 0.206. The molecule has 2 rings (SSSR count). The highest BCUT2D eigenvalue weighted by Crippen LogP contribution is 2.24. The summed E-state index contributed by atoms with van der Waals surface area (Å²) in [5.74, 6) is 0. The molecule has 0 unspecified atom stereocenters. The molecule has 0 aromatic carbocycles. The molecule has 0 aliphatic carbocycles. The SMILES string of the molecule is CCC(C)(C)n1cnc2c1CCNC2. The van der Waals surface area contributed by atoms with Gasteiger partial charge in [-0.15, -0.1) is 0 Å². The third kappa shape index (κ3) is 1.46. The molecule has 0 fully saturated rings. The van der Waals surface area contributed by atoms with Gasteiger partial charge >= 0.3 is 0 Å².